The van der Waals surface area contributed by atoms with Crippen molar-refractivity contribution in [2.75, 3.05) is 38.9 Å². The van der Waals surface area contributed by atoms with Gasteiger partial charge in [-0.05, 0) is 67.8 Å². The lowest BCUT2D eigenvalue weighted by atomic mass is 9.85. The molecule has 2 aliphatic heterocycles. The van der Waals surface area contributed by atoms with Gasteiger partial charge >= 0.3 is 12.1 Å². The number of benzene rings is 2. The van der Waals surface area contributed by atoms with E-state index in [1.807, 2.05) is 6.07 Å². The van der Waals surface area contributed by atoms with Crippen molar-refractivity contribution in [2.24, 2.45) is 5.73 Å². The number of ether oxygens (including phenoxy) is 5. The number of anilines is 1. The van der Waals surface area contributed by atoms with Gasteiger partial charge in [-0.3, -0.25) is 33.8 Å². The number of primary amides is 1. The summed E-state index contributed by atoms with van der Waals surface area (Å²) in [5.41, 5.74) is 6.35. The van der Waals surface area contributed by atoms with Crippen molar-refractivity contribution in [3.05, 3.63) is 89.2 Å². The first-order chi connectivity index (χ1) is 31.9. The second kappa shape index (κ2) is 22.8. The Bertz CT molecular complexity index is 2440. The highest BCUT2D eigenvalue weighted by atomic mass is 16.7. The van der Waals surface area contributed by atoms with Gasteiger partial charge in [-0.25, -0.2) is 9.59 Å². The molecular formula is C45H53N7O15. The Kier molecular flexibility index (Phi) is 17.2. The molecule has 6 amide bonds. The van der Waals surface area contributed by atoms with E-state index in [0.717, 1.165) is 5.56 Å². The molecule has 0 aliphatic carbocycles. The maximum atomic E-state index is 13.6. The molecule has 5 atom stereocenters. The molecule has 0 bridgehead atoms. The Labute approximate surface area is 384 Å². The molecule has 2 aliphatic rings. The summed E-state index contributed by atoms with van der Waals surface area (Å²) in [6.45, 7) is 7.64. The average Bonchev–Trinajstić information content (AvgIpc) is 3.71. The number of pyridine rings is 1. The first-order valence-corrected chi connectivity index (χ1v) is 21.0. The van der Waals surface area contributed by atoms with Crippen LogP contribution in [0.3, 0.4) is 0 Å². The summed E-state index contributed by atoms with van der Waals surface area (Å²) >= 11 is 0. The molecule has 0 fully saturated rings. The number of esters is 1. The summed E-state index contributed by atoms with van der Waals surface area (Å²) in [7, 11) is 1.45. The van der Waals surface area contributed by atoms with E-state index in [0.29, 0.717) is 22.2 Å². The van der Waals surface area contributed by atoms with Gasteiger partial charge in [0.1, 0.15) is 43.7 Å². The Morgan fingerprint density at radius 2 is 1.72 bits per heavy atom. The van der Waals surface area contributed by atoms with Crippen LogP contribution in [0, 0.1) is 0 Å². The lowest BCUT2D eigenvalue weighted by molar-refractivity contribution is -0.163. The van der Waals surface area contributed by atoms with Crippen LogP contribution in [0.4, 0.5) is 10.5 Å². The molecule has 0 saturated carbocycles. The van der Waals surface area contributed by atoms with Crippen LogP contribution in [-0.4, -0.2) is 131 Å². The fraction of sp³-hybridized carbons (Fsp3) is 0.400. The van der Waals surface area contributed by atoms with Gasteiger partial charge < -0.3 is 65.8 Å². The number of cyclic esters (lactones) is 1. The van der Waals surface area contributed by atoms with E-state index in [1.165, 1.54) is 50.1 Å². The zero-order chi connectivity index (χ0) is 49.0. The quantitative estimate of drug-likeness (QED) is 0.0429. The van der Waals surface area contributed by atoms with E-state index in [9.17, 15) is 48.6 Å². The third kappa shape index (κ3) is 13.0. The lowest BCUT2D eigenvalue weighted by Crippen LogP contribution is -2.58. The van der Waals surface area contributed by atoms with Gasteiger partial charge in [-0.1, -0.05) is 31.7 Å². The summed E-state index contributed by atoms with van der Waals surface area (Å²) in [5, 5.41) is 31.3. The molecule has 0 saturated heterocycles. The number of hydrogen-bond donors (Lipinski definition) is 7. The Hall–Kier alpha value is -7.27. The molecule has 8 N–H and O–H groups in total. The molecule has 358 valence electrons. The topological polar surface area (TPSA) is 313 Å². The van der Waals surface area contributed by atoms with Gasteiger partial charge in [0.05, 0.1) is 49.1 Å². The van der Waals surface area contributed by atoms with Gasteiger partial charge in [-0.2, -0.15) is 0 Å². The maximum Gasteiger partial charge on any atom is 0.514 e. The predicted octanol–water partition coefficient (Wildman–Crippen LogP) is 0.305. The molecular weight excluding hydrogens is 879 g/mol. The van der Waals surface area contributed by atoms with Crippen LogP contribution in [0.1, 0.15) is 50.4 Å². The van der Waals surface area contributed by atoms with Crippen LogP contribution in [0.2, 0.25) is 0 Å². The van der Waals surface area contributed by atoms with Crippen molar-refractivity contribution < 1.29 is 72.3 Å². The van der Waals surface area contributed by atoms with Crippen molar-refractivity contribution in [3.8, 4) is 5.75 Å². The average molecular weight is 932 g/mol. The van der Waals surface area contributed by atoms with E-state index in [4.69, 9.17) is 34.4 Å². The summed E-state index contributed by atoms with van der Waals surface area (Å²) in [4.78, 5) is 108. The minimum atomic E-state index is -1.97. The molecule has 1 aromatic heterocycles. The monoisotopic (exact) mass is 931 g/mol. The summed E-state index contributed by atoms with van der Waals surface area (Å²) in [6.07, 6.45) is -1.67. The Morgan fingerprint density at radius 1 is 0.985 bits per heavy atom. The number of methoxy groups -OCH3 is 1. The van der Waals surface area contributed by atoms with E-state index in [2.05, 4.69) is 27.8 Å². The number of rotatable bonds is 21. The molecule has 3 unspecified atom stereocenters. The van der Waals surface area contributed by atoms with Crippen molar-refractivity contribution in [3.63, 3.8) is 0 Å². The predicted molar refractivity (Wildman–Crippen MR) is 235 cm³/mol. The van der Waals surface area contributed by atoms with Crippen LogP contribution in [0.5, 0.6) is 5.75 Å². The van der Waals surface area contributed by atoms with Gasteiger partial charge in [0.2, 0.25) is 29.5 Å². The number of carbonyl (C=O) groups excluding carboxylic acids is 8. The molecule has 3 heterocycles. The highest BCUT2D eigenvalue weighted by Gasteiger charge is 2.46. The van der Waals surface area contributed by atoms with Crippen LogP contribution in [0.15, 0.2) is 72.3 Å². The number of nitrogens with zero attached hydrogens (tertiary/aromatic N) is 2. The largest absolute Gasteiger partial charge is 0.514 e. The smallest absolute Gasteiger partial charge is 0.458 e. The highest BCUT2D eigenvalue weighted by molar-refractivity contribution is 6.01. The fourth-order valence-corrected chi connectivity index (χ4v) is 7.04. The first-order valence-electron chi connectivity index (χ1n) is 21.0. The fourth-order valence-electron chi connectivity index (χ4n) is 7.04. The number of aliphatic hydroxyl groups excluding tert-OH is 1. The van der Waals surface area contributed by atoms with E-state index in [1.54, 1.807) is 31.2 Å². The number of nitrogens with one attached hydrogen (secondary N) is 4. The molecule has 0 spiro atoms. The normalized spacial score (nSPS) is 17.2. The molecule has 22 nitrogen and oxygen atoms in total. The van der Waals surface area contributed by atoms with Crippen LogP contribution in [0.25, 0.3) is 10.9 Å². The van der Waals surface area contributed by atoms with E-state index < -0.39 is 90.4 Å². The SMILES string of the molecule is C=CC1=C(C(=O)N2Cc3cc4cc(OC(=O)OCc5ccc(NC(=O)C(CC(N)=O)NC(=O)[C@H](C)NC(=O)[C@@H](NC(=O)COCCOC)C(C)O)cc5)ccc4nc3C2)COC(=O)C1(O)CC. The number of amides is 6. The number of carbonyl (C=O) groups is 8. The van der Waals surface area contributed by atoms with Gasteiger partial charge in [-0.15, -0.1) is 0 Å². The third-order valence-corrected chi connectivity index (χ3v) is 10.7. The minimum Gasteiger partial charge on any atom is -0.458 e. The second-order valence-electron chi connectivity index (χ2n) is 15.6. The molecule has 22 heteroatoms. The number of aromatic nitrogens is 1. The summed E-state index contributed by atoms with van der Waals surface area (Å²) in [6, 6.07) is 8.43. The van der Waals surface area contributed by atoms with Crippen LogP contribution in [-0.2, 0) is 72.2 Å². The van der Waals surface area contributed by atoms with E-state index >= 15 is 0 Å². The lowest BCUT2D eigenvalue weighted by Gasteiger charge is -2.33. The maximum absolute atomic E-state index is 13.6. The van der Waals surface area contributed by atoms with Gasteiger partial charge in [0.15, 0.2) is 5.60 Å². The zero-order valence-electron chi connectivity index (χ0n) is 37.3. The number of aliphatic hydroxyl groups is 2. The molecule has 67 heavy (non-hydrogen) atoms. The third-order valence-electron chi connectivity index (χ3n) is 10.7. The van der Waals surface area contributed by atoms with Crippen molar-refractivity contribution >= 4 is 64.2 Å². The zero-order valence-corrected chi connectivity index (χ0v) is 37.3. The number of hydrogen-bond acceptors (Lipinski definition) is 16. The van der Waals surface area contributed by atoms with Crippen molar-refractivity contribution in [2.45, 2.75) is 83.1 Å². The molecule has 5 rings (SSSR count). The van der Waals surface area contributed by atoms with Crippen molar-refractivity contribution in [1.29, 1.82) is 0 Å². The van der Waals surface area contributed by atoms with Crippen molar-refractivity contribution in [1.82, 2.24) is 25.8 Å². The number of fused-ring (bicyclic) bond motifs is 2. The van der Waals surface area contributed by atoms with Gasteiger partial charge in [0.25, 0.3) is 5.91 Å². The molecule has 3 aromatic rings. The van der Waals surface area contributed by atoms with Crippen LogP contribution < -0.4 is 31.7 Å². The Morgan fingerprint density at radius 3 is 2.37 bits per heavy atom. The first kappa shape index (κ1) is 50.7. The molecule has 2 aromatic carbocycles. The summed E-state index contributed by atoms with van der Waals surface area (Å²) in [5.74, 6) is -5.32. The van der Waals surface area contributed by atoms with E-state index in [-0.39, 0.29) is 68.5 Å². The van der Waals surface area contributed by atoms with Gasteiger partial charge in [0, 0.05) is 30.3 Å². The molecule has 0 radical (unpaired) electrons. The minimum absolute atomic E-state index is 0.000999. The standard InChI is InChI=1S/C45H53N7O15/c1-6-32-31(22-65-43(60)45(32,62)7-2)42(59)52-19-28-16-27-17-30(12-13-33(27)49-35(28)20-52)67-44(61)66-21-26-8-10-29(11-9-26)48-40(57)34(18-36(46)54)50-39(56)24(3)47-41(58)38(25(4)53)51-37(55)23-64-15-14-63-5/h6,8-13,16-17,24-25,34,38,53,62H,1,7,14-15,18-23H2,2-5H3,(H2,46,54)(H,47,58)(H,48,57)(H,50,56)(H,51,55)/t24-,25?,34?,38-,45?/m0/s1. The van der Waals surface area contributed by atoms with Crippen LogP contribution >= 0.6 is 0 Å². The Balaban J connectivity index is 1.12. The number of nitrogens with two attached hydrogens (primary N) is 1. The highest BCUT2D eigenvalue weighted by Crippen LogP contribution is 2.34. The second-order valence-corrected chi connectivity index (χ2v) is 15.6. The summed E-state index contributed by atoms with van der Waals surface area (Å²) < 4.78 is 25.8.